The maximum Gasteiger partial charge on any atom is 0.404 e. The molecule has 7 heteroatoms. The predicted molar refractivity (Wildman–Crippen MR) is 28.6 cm³/mol. The SMILES string of the molecule is NC(=O)OCc1nn[nH]n1. The van der Waals surface area contributed by atoms with Crippen LogP contribution in [0.3, 0.4) is 0 Å². The quantitative estimate of drug-likeness (QED) is 0.540. The molecule has 1 heterocycles. The van der Waals surface area contributed by atoms with E-state index in [1.54, 1.807) is 0 Å². The fraction of sp³-hybridized carbons (Fsp3) is 0.333. The van der Waals surface area contributed by atoms with Crippen molar-refractivity contribution in [2.45, 2.75) is 6.61 Å². The minimum absolute atomic E-state index is 0.0498. The number of nitrogens with one attached hydrogen (secondary N) is 1. The third kappa shape index (κ3) is 1.69. The number of ether oxygens (including phenoxy) is 1. The summed E-state index contributed by atoms with van der Waals surface area (Å²) in [6.07, 6.45) is -0.857. The smallest absolute Gasteiger partial charge is 0.404 e. The predicted octanol–water partition coefficient (Wildman–Crippen LogP) is -1.21. The van der Waals surface area contributed by atoms with Gasteiger partial charge in [0.2, 0.25) is 5.82 Å². The first-order valence-corrected chi connectivity index (χ1v) is 2.43. The fourth-order valence-corrected chi connectivity index (χ4v) is 0.379. The largest absolute Gasteiger partial charge is 0.441 e. The normalized spacial score (nSPS) is 9.20. The van der Waals surface area contributed by atoms with E-state index < -0.39 is 6.09 Å². The maximum atomic E-state index is 10.0. The van der Waals surface area contributed by atoms with Crippen LogP contribution in [0.5, 0.6) is 0 Å². The van der Waals surface area contributed by atoms with Crippen LogP contribution in [0.1, 0.15) is 5.82 Å². The first kappa shape index (κ1) is 6.46. The molecule has 0 aliphatic heterocycles. The van der Waals surface area contributed by atoms with Gasteiger partial charge in [-0.15, -0.1) is 10.2 Å². The molecule has 0 atom stereocenters. The van der Waals surface area contributed by atoms with Crippen molar-refractivity contribution in [1.29, 1.82) is 0 Å². The Kier molecular flexibility index (Phi) is 1.78. The van der Waals surface area contributed by atoms with Gasteiger partial charge in [0.25, 0.3) is 0 Å². The summed E-state index contributed by atoms with van der Waals surface area (Å²) >= 11 is 0. The molecule has 1 aromatic heterocycles. The summed E-state index contributed by atoms with van der Waals surface area (Å²) in [5.41, 5.74) is 4.66. The molecule has 10 heavy (non-hydrogen) atoms. The van der Waals surface area contributed by atoms with E-state index >= 15 is 0 Å². The number of carbonyl (C=O) groups excluding carboxylic acids is 1. The zero-order valence-corrected chi connectivity index (χ0v) is 4.94. The van der Waals surface area contributed by atoms with Crippen molar-refractivity contribution in [3.05, 3.63) is 5.82 Å². The molecule has 0 bridgehead atoms. The maximum absolute atomic E-state index is 10.0. The molecule has 0 radical (unpaired) electrons. The van der Waals surface area contributed by atoms with E-state index in [2.05, 4.69) is 31.1 Å². The number of tetrazole rings is 1. The number of H-pyrrole nitrogens is 1. The summed E-state index contributed by atoms with van der Waals surface area (Å²) < 4.78 is 4.34. The Labute approximate surface area is 55.5 Å². The van der Waals surface area contributed by atoms with Crippen LogP contribution in [0.25, 0.3) is 0 Å². The minimum atomic E-state index is -0.857. The molecule has 0 spiro atoms. The van der Waals surface area contributed by atoms with Crippen molar-refractivity contribution in [2.24, 2.45) is 5.73 Å². The van der Waals surface area contributed by atoms with Gasteiger partial charge >= 0.3 is 6.09 Å². The van der Waals surface area contributed by atoms with E-state index in [4.69, 9.17) is 0 Å². The second-order valence-corrected chi connectivity index (χ2v) is 1.44. The average molecular weight is 143 g/mol. The first-order valence-electron chi connectivity index (χ1n) is 2.43. The molecule has 0 aromatic carbocycles. The number of primary amides is 1. The van der Waals surface area contributed by atoms with Crippen molar-refractivity contribution in [2.75, 3.05) is 0 Å². The highest BCUT2D eigenvalue weighted by atomic mass is 16.5. The zero-order chi connectivity index (χ0) is 7.40. The number of nitrogens with zero attached hydrogens (tertiary/aromatic N) is 3. The Morgan fingerprint density at radius 1 is 1.80 bits per heavy atom. The lowest BCUT2D eigenvalue weighted by atomic mass is 10.7. The van der Waals surface area contributed by atoms with Crippen LogP contribution in [-0.4, -0.2) is 26.7 Å². The van der Waals surface area contributed by atoms with Crippen LogP contribution in [0.15, 0.2) is 0 Å². The summed E-state index contributed by atoms with van der Waals surface area (Å²) in [5, 5.41) is 12.4. The standard InChI is InChI=1S/C3H5N5O2/c4-3(9)10-1-2-5-7-8-6-2/h1H2,(H2,4,9)(H,5,6,7,8). The van der Waals surface area contributed by atoms with E-state index in [-0.39, 0.29) is 6.61 Å². The van der Waals surface area contributed by atoms with Crippen LogP contribution in [0.2, 0.25) is 0 Å². The molecule has 0 saturated heterocycles. The van der Waals surface area contributed by atoms with E-state index in [9.17, 15) is 4.79 Å². The van der Waals surface area contributed by atoms with E-state index in [0.717, 1.165) is 0 Å². The number of aromatic nitrogens is 4. The molecule has 7 nitrogen and oxygen atoms in total. The molecular weight excluding hydrogens is 138 g/mol. The number of aromatic amines is 1. The molecule has 1 rings (SSSR count). The van der Waals surface area contributed by atoms with E-state index in [0.29, 0.717) is 5.82 Å². The first-order chi connectivity index (χ1) is 4.79. The average Bonchev–Trinajstić information content (AvgIpc) is 2.34. The van der Waals surface area contributed by atoms with Gasteiger partial charge in [0.05, 0.1) is 0 Å². The van der Waals surface area contributed by atoms with E-state index in [1.807, 2.05) is 0 Å². The van der Waals surface area contributed by atoms with Crippen LogP contribution in [0, 0.1) is 0 Å². The van der Waals surface area contributed by atoms with Gasteiger partial charge < -0.3 is 10.5 Å². The second kappa shape index (κ2) is 2.76. The van der Waals surface area contributed by atoms with Crippen molar-refractivity contribution in [3.63, 3.8) is 0 Å². The molecule has 0 fully saturated rings. The Hall–Kier alpha value is -1.66. The van der Waals surface area contributed by atoms with Crippen LogP contribution >= 0.6 is 0 Å². The Bertz CT molecular complexity index is 207. The molecule has 3 N–H and O–H groups in total. The van der Waals surface area contributed by atoms with Gasteiger partial charge in [-0.1, -0.05) is 5.21 Å². The third-order valence-electron chi connectivity index (χ3n) is 0.733. The van der Waals surface area contributed by atoms with Crippen molar-refractivity contribution in [3.8, 4) is 0 Å². The van der Waals surface area contributed by atoms with Gasteiger partial charge in [-0.3, -0.25) is 0 Å². The highest BCUT2D eigenvalue weighted by molar-refractivity contribution is 5.64. The third-order valence-corrected chi connectivity index (χ3v) is 0.733. The summed E-state index contributed by atoms with van der Waals surface area (Å²) in [7, 11) is 0. The lowest BCUT2D eigenvalue weighted by Gasteiger charge is -1.92. The molecule has 0 saturated carbocycles. The second-order valence-electron chi connectivity index (χ2n) is 1.44. The highest BCUT2D eigenvalue weighted by Crippen LogP contribution is 1.86. The molecule has 54 valence electrons. The Balaban J connectivity index is 2.35. The van der Waals surface area contributed by atoms with Crippen molar-refractivity contribution < 1.29 is 9.53 Å². The van der Waals surface area contributed by atoms with Gasteiger partial charge in [-0.05, 0) is 0 Å². The van der Waals surface area contributed by atoms with Crippen LogP contribution < -0.4 is 5.73 Å². The van der Waals surface area contributed by atoms with Gasteiger partial charge in [0.15, 0.2) is 6.61 Å². The van der Waals surface area contributed by atoms with Gasteiger partial charge in [-0.2, -0.15) is 5.21 Å². The number of hydrogen-bond acceptors (Lipinski definition) is 5. The van der Waals surface area contributed by atoms with Gasteiger partial charge in [0.1, 0.15) is 0 Å². The number of carbonyl (C=O) groups is 1. The van der Waals surface area contributed by atoms with Gasteiger partial charge in [-0.25, -0.2) is 4.79 Å². The number of nitrogens with two attached hydrogens (primary N) is 1. The van der Waals surface area contributed by atoms with Gasteiger partial charge in [0, 0.05) is 0 Å². The van der Waals surface area contributed by atoms with E-state index in [1.165, 1.54) is 0 Å². The molecule has 0 aliphatic rings. The lowest BCUT2D eigenvalue weighted by Crippen LogP contribution is -2.13. The fourth-order valence-electron chi connectivity index (χ4n) is 0.379. The number of amides is 1. The Morgan fingerprint density at radius 2 is 2.60 bits per heavy atom. The number of hydrogen-bond donors (Lipinski definition) is 2. The molecular formula is C3H5N5O2. The molecule has 1 aromatic rings. The van der Waals surface area contributed by atoms with Crippen LogP contribution in [-0.2, 0) is 11.3 Å². The molecule has 1 amide bonds. The summed E-state index contributed by atoms with van der Waals surface area (Å²) in [4.78, 5) is 10.0. The minimum Gasteiger partial charge on any atom is -0.441 e. The molecule has 0 aliphatic carbocycles. The summed E-state index contributed by atoms with van der Waals surface area (Å²) in [6, 6.07) is 0. The molecule has 0 unspecified atom stereocenters. The van der Waals surface area contributed by atoms with Crippen molar-refractivity contribution in [1.82, 2.24) is 20.6 Å². The van der Waals surface area contributed by atoms with Crippen molar-refractivity contribution >= 4 is 6.09 Å². The summed E-state index contributed by atoms with van der Waals surface area (Å²) in [5.74, 6) is 0.291. The monoisotopic (exact) mass is 143 g/mol. The number of rotatable bonds is 2. The van der Waals surface area contributed by atoms with Crippen LogP contribution in [0.4, 0.5) is 4.79 Å². The highest BCUT2D eigenvalue weighted by Gasteiger charge is 1.99. The Morgan fingerprint density at radius 3 is 3.10 bits per heavy atom. The lowest BCUT2D eigenvalue weighted by molar-refractivity contribution is 0.147. The summed E-state index contributed by atoms with van der Waals surface area (Å²) in [6.45, 7) is -0.0498. The zero-order valence-electron chi connectivity index (χ0n) is 4.94. The topological polar surface area (TPSA) is 107 Å².